The van der Waals surface area contributed by atoms with Crippen molar-refractivity contribution >= 4 is 5.97 Å². The van der Waals surface area contributed by atoms with E-state index in [2.05, 4.69) is 6.92 Å². The molecule has 0 spiro atoms. The SMILES string of the molecule is CCC[NH+]1CCC([NH+]2CCC(C(=O)OCC)CC2)CC1. The van der Waals surface area contributed by atoms with Crippen LogP contribution in [0.15, 0.2) is 0 Å². The van der Waals surface area contributed by atoms with Crippen molar-refractivity contribution < 1.29 is 19.3 Å². The van der Waals surface area contributed by atoms with Gasteiger partial charge in [-0.1, -0.05) is 6.92 Å². The average molecular weight is 284 g/mol. The second kappa shape index (κ2) is 7.99. The number of carbonyl (C=O) groups excluding carboxylic acids is 1. The van der Waals surface area contributed by atoms with Crippen LogP contribution in [-0.2, 0) is 9.53 Å². The largest absolute Gasteiger partial charge is 0.466 e. The summed E-state index contributed by atoms with van der Waals surface area (Å²) in [4.78, 5) is 15.3. The van der Waals surface area contributed by atoms with Crippen LogP contribution in [0.25, 0.3) is 0 Å². The lowest BCUT2D eigenvalue weighted by Crippen LogP contribution is -3.21. The maximum absolute atomic E-state index is 11.8. The molecule has 0 unspecified atom stereocenters. The number of quaternary nitrogens is 2. The Morgan fingerprint density at radius 3 is 2.25 bits per heavy atom. The topological polar surface area (TPSA) is 35.2 Å². The zero-order chi connectivity index (χ0) is 14.4. The fourth-order valence-electron chi connectivity index (χ4n) is 3.93. The highest BCUT2D eigenvalue weighted by Gasteiger charge is 2.34. The Morgan fingerprint density at radius 2 is 1.70 bits per heavy atom. The minimum absolute atomic E-state index is 0.0359. The van der Waals surface area contributed by atoms with Crippen molar-refractivity contribution in [3.63, 3.8) is 0 Å². The second-order valence-electron chi connectivity index (χ2n) is 6.46. The Balaban J connectivity index is 1.70. The number of piperidine rings is 2. The van der Waals surface area contributed by atoms with Crippen molar-refractivity contribution in [2.45, 2.75) is 52.0 Å². The van der Waals surface area contributed by atoms with E-state index in [1.54, 1.807) is 9.80 Å². The van der Waals surface area contributed by atoms with Gasteiger partial charge in [0.15, 0.2) is 0 Å². The van der Waals surface area contributed by atoms with Crippen LogP contribution in [0, 0.1) is 5.92 Å². The van der Waals surface area contributed by atoms with E-state index in [1.165, 1.54) is 38.9 Å². The van der Waals surface area contributed by atoms with E-state index in [9.17, 15) is 4.79 Å². The lowest BCUT2D eigenvalue weighted by atomic mass is 9.93. The average Bonchev–Trinajstić information content (AvgIpc) is 2.49. The molecule has 0 aromatic carbocycles. The number of ether oxygens (including phenoxy) is 1. The van der Waals surface area contributed by atoms with E-state index in [0.717, 1.165) is 32.0 Å². The molecule has 4 nitrogen and oxygen atoms in total. The van der Waals surface area contributed by atoms with Crippen molar-refractivity contribution in [1.29, 1.82) is 0 Å². The normalized spacial score (nSPS) is 34.7. The van der Waals surface area contributed by atoms with Crippen LogP contribution >= 0.6 is 0 Å². The van der Waals surface area contributed by atoms with E-state index >= 15 is 0 Å². The molecule has 2 saturated heterocycles. The minimum Gasteiger partial charge on any atom is -0.466 e. The quantitative estimate of drug-likeness (QED) is 0.655. The molecule has 2 heterocycles. The van der Waals surface area contributed by atoms with Crippen molar-refractivity contribution in [2.75, 3.05) is 39.3 Å². The Labute approximate surface area is 123 Å². The Morgan fingerprint density at radius 1 is 1.05 bits per heavy atom. The van der Waals surface area contributed by atoms with Gasteiger partial charge in [-0.2, -0.15) is 0 Å². The van der Waals surface area contributed by atoms with Gasteiger partial charge in [0.25, 0.3) is 0 Å². The third kappa shape index (κ3) is 4.19. The first kappa shape index (κ1) is 15.8. The summed E-state index contributed by atoms with van der Waals surface area (Å²) in [6.45, 7) is 11.1. The van der Waals surface area contributed by atoms with Gasteiger partial charge in [0.2, 0.25) is 0 Å². The summed E-state index contributed by atoms with van der Waals surface area (Å²) in [6, 6.07) is 0.846. The number of rotatable bonds is 5. The molecule has 0 amide bonds. The first-order valence-electron chi connectivity index (χ1n) is 8.59. The Kier molecular flexibility index (Phi) is 6.30. The van der Waals surface area contributed by atoms with Gasteiger partial charge < -0.3 is 14.5 Å². The summed E-state index contributed by atoms with van der Waals surface area (Å²) in [5.41, 5.74) is 0. The minimum atomic E-state index is 0.0359. The maximum Gasteiger partial charge on any atom is 0.309 e. The van der Waals surface area contributed by atoms with E-state index in [1.807, 2.05) is 6.92 Å². The molecule has 4 heteroatoms. The molecular weight excluding hydrogens is 252 g/mol. The lowest BCUT2D eigenvalue weighted by Gasteiger charge is -2.37. The lowest BCUT2D eigenvalue weighted by molar-refractivity contribution is -0.961. The first-order chi connectivity index (χ1) is 9.74. The number of hydrogen-bond donors (Lipinski definition) is 2. The summed E-state index contributed by atoms with van der Waals surface area (Å²) in [7, 11) is 0. The molecule has 2 fully saturated rings. The number of hydrogen-bond acceptors (Lipinski definition) is 2. The van der Waals surface area contributed by atoms with E-state index < -0.39 is 0 Å². The third-order valence-electron chi connectivity index (χ3n) is 5.12. The van der Waals surface area contributed by atoms with Crippen LogP contribution in [0.5, 0.6) is 0 Å². The van der Waals surface area contributed by atoms with Crippen molar-refractivity contribution in [1.82, 2.24) is 0 Å². The van der Waals surface area contributed by atoms with Gasteiger partial charge in [-0.15, -0.1) is 0 Å². The third-order valence-corrected chi connectivity index (χ3v) is 5.12. The number of carbonyl (C=O) groups is 1. The van der Waals surface area contributed by atoms with Gasteiger partial charge in [-0.05, 0) is 13.3 Å². The van der Waals surface area contributed by atoms with E-state index in [-0.39, 0.29) is 11.9 Å². The monoisotopic (exact) mass is 284 g/mol. The van der Waals surface area contributed by atoms with Gasteiger partial charge in [0.1, 0.15) is 0 Å². The summed E-state index contributed by atoms with van der Waals surface area (Å²) in [5.74, 6) is 0.207. The van der Waals surface area contributed by atoms with E-state index in [4.69, 9.17) is 4.74 Å². The molecule has 0 radical (unpaired) electrons. The maximum atomic E-state index is 11.8. The van der Waals surface area contributed by atoms with E-state index in [0.29, 0.717) is 6.61 Å². The summed E-state index contributed by atoms with van der Waals surface area (Å²) in [6.07, 6.45) is 6.09. The second-order valence-corrected chi connectivity index (χ2v) is 6.46. The molecule has 0 saturated carbocycles. The van der Waals surface area contributed by atoms with Crippen molar-refractivity contribution in [3.8, 4) is 0 Å². The van der Waals surface area contributed by atoms with Gasteiger partial charge in [0, 0.05) is 25.7 Å². The molecule has 20 heavy (non-hydrogen) atoms. The van der Waals surface area contributed by atoms with Crippen LogP contribution in [0.2, 0.25) is 0 Å². The summed E-state index contributed by atoms with van der Waals surface area (Å²) in [5, 5.41) is 0. The molecule has 0 bridgehead atoms. The molecule has 2 N–H and O–H groups in total. The van der Waals surface area contributed by atoms with Crippen LogP contribution in [0.4, 0.5) is 0 Å². The van der Waals surface area contributed by atoms with Crippen LogP contribution in [0.1, 0.15) is 46.0 Å². The standard InChI is InChI=1S/C16H30N2O2/c1-3-9-17-10-7-15(8-11-17)18-12-5-14(6-13-18)16(19)20-4-2/h14-15H,3-13H2,1-2H3/p+2. The molecule has 2 aliphatic rings. The molecule has 116 valence electrons. The predicted octanol–water partition coefficient (Wildman–Crippen LogP) is -0.698. The van der Waals surface area contributed by atoms with Crippen LogP contribution in [0.3, 0.4) is 0 Å². The number of nitrogens with one attached hydrogen (secondary N) is 2. The molecule has 2 rings (SSSR count). The Hall–Kier alpha value is -0.610. The molecular formula is C16H32N2O2+2. The molecule has 0 aliphatic carbocycles. The van der Waals surface area contributed by atoms with Crippen LogP contribution in [-0.4, -0.2) is 51.3 Å². The zero-order valence-electron chi connectivity index (χ0n) is 13.2. The molecule has 0 atom stereocenters. The smallest absolute Gasteiger partial charge is 0.309 e. The molecule has 2 aliphatic heterocycles. The fourth-order valence-corrected chi connectivity index (χ4v) is 3.93. The predicted molar refractivity (Wildman–Crippen MR) is 78.9 cm³/mol. The van der Waals surface area contributed by atoms with Crippen molar-refractivity contribution in [3.05, 3.63) is 0 Å². The van der Waals surface area contributed by atoms with Crippen molar-refractivity contribution in [2.24, 2.45) is 5.92 Å². The highest BCUT2D eigenvalue weighted by Crippen LogP contribution is 2.12. The van der Waals surface area contributed by atoms with Crippen LogP contribution < -0.4 is 9.80 Å². The molecule has 0 aromatic heterocycles. The molecule has 0 aromatic rings. The van der Waals surface area contributed by atoms with Gasteiger partial charge in [-0.25, -0.2) is 0 Å². The van der Waals surface area contributed by atoms with Gasteiger partial charge in [-0.3, -0.25) is 4.79 Å². The zero-order valence-corrected chi connectivity index (χ0v) is 13.2. The van der Waals surface area contributed by atoms with Gasteiger partial charge >= 0.3 is 5.97 Å². The fraction of sp³-hybridized carbons (Fsp3) is 0.938. The van der Waals surface area contributed by atoms with Gasteiger partial charge in [0.05, 0.1) is 51.3 Å². The number of likely N-dealkylation sites (tertiary alicyclic amines) is 2. The first-order valence-corrected chi connectivity index (χ1v) is 8.59. The number of esters is 1. The summed E-state index contributed by atoms with van der Waals surface area (Å²) < 4.78 is 5.15. The highest BCUT2D eigenvalue weighted by molar-refractivity contribution is 5.72. The Bertz CT molecular complexity index is 293. The highest BCUT2D eigenvalue weighted by atomic mass is 16.5. The summed E-state index contributed by atoms with van der Waals surface area (Å²) >= 11 is 0.